The fourth-order valence-electron chi connectivity index (χ4n) is 2.67. The Morgan fingerprint density at radius 3 is 2.06 bits per heavy atom. The van der Waals surface area contributed by atoms with Gasteiger partial charge in [-0.3, -0.25) is 4.79 Å². The minimum Gasteiger partial charge on any atom is -0.493 e. The van der Waals surface area contributed by atoms with Crippen LogP contribution in [0.25, 0.3) is 6.08 Å². The number of rotatable bonds is 10. The zero-order chi connectivity index (χ0) is 23.5. The molecule has 0 aromatic heterocycles. The molecule has 0 aliphatic carbocycles. The summed E-state index contributed by atoms with van der Waals surface area (Å²) in [6, 6.07) is 9.92. The summed E-state index contributed by atoms with van der Waals surface area (Å²) in [6.07, 6.45) is 2.70. The van der Waals surface area contributed by atoms with Gasteiger partial charge in [0.1, 0.15) is 0 Å². The highest BCUT2D eigenvalue weighted by molar-refractivity contribution is 5.90. The summed E-state index contributed by atoms with van der Waals surface area (Å²) >= 11 is 0. The molecule has 2 rings (SSSR count). The van der Waals surface area contributed by atoms with Crippen molar-refractivity contribution in [3.63, 3.8) is 0 Å². The van der Waals surface area contributed by atoms with Gasteiger partial charge in [0.25, 0.3) is 5.91 Å². The van der Waals surface area contributed by atoms with E-state index in [9.17, 15) is 14.4 Å². The smallest absolute Gasteiger partial charge is 0.337 e. The average Bonchev–Trinajstić information content (AvgIpc) is 2.83. The Hall–Kier alpha value is -4.01. The van der Waals surface area contributed by atoms with Crippen molar-refractivity contribution in [1.82, 2.24) is 5.32 Å². The summed E-state index contributed by atoms with van der Waals surface area (Å²) < 4.78 is 25.4. The third-order valence-corrected chi connectivity index (χ3v) is 4.31. The Morgan fingerprint density at radius 2 is 1.53 bits per heavy atom. The molecular formula is C23H25NO8. The molecule has 0 aliphatic heterocycles. The summed E-state index contributed by atoms with van der Waals surface area (Å²) in [7, 11) is 5.78. The van der Waals surface area contributed by atoms with Crippen LogP contribution >= 0.6 is 0 Å². The molecule has 0 saturated heterocycles. The average molecular weight is 443 g/mol. The van der Waals surface area contributed by atoms with E-state index >= 15 is 0 Å². The van der Waals surface area contributed by atoms with Gasteiger partial charge in [-0.05, 0) is 41.5 Å². The second-order valence-corrected chi connectivity index (χ2v) is 6.36. The molecule has 0 radical (unpaired) electrons. The minimum atomic E-state index is -0.684. The molecule has 0 unspecified atom stereocenters. The number of benzene rings is 2. The number of nitrogens with one attached hydrogen (secondary N) is 1. The number of carbonyl (C=O) groups excluding carboxylic acids is 3. The van der Waals surface area contributed by atoms with Gasteiger partial charge in [-0.2, -0.15) is 0 Å². The molecule has 9 nitrogen and oxygen atoms in total. The number of hydrogen-bond acceptors (Lipinski definition) is 8. The molecule has 0 fully saturated rings. The Morgan fingerprint density at radius 1 is 0.906 bits per heavy atom. The van der Waals surface area contributed by atoms with Gasteiger partial charge in [0.05, 0.1) is 34.0 Å². The monoisotopic (exact) mass is 443 g/mol. The fourth-order valence-corrected chi connectivity index (χ4v) is 2.67. The predicted octanol–water partition coefficient (Wildman–Crippen LogP) is 2.37. The lowest BCUT2D eigenvalue weighted by Crippen LogP contribution is -2.28. The van der Waals surface area contributed by atoms with Crippen LogP contribution in [0.5, 0.6) is 17.2 Å². The highest BCUT2D eigenvalue weighted by Gasteiger charge is 2.12. The molecule has 0 bridgehead atoms. The molecular weight excluding hydrogens is 418 g/mol. The van der Waals surface area contributed by atoms with Gasteiger partial charge >= 0.3 is 11.9 Å². The lowest BCUT2D eigenvalue weighted by atomic mass is 10.1. The van der Waals surface area contributed by atoms with E-state index in [4.69, 9.17) is 18.9 Å². The molecule has 2 aromatic carbocycles. The zero-order valence-electron chi connectivity index (χ0n) is 18.3. The van der Waals surface area contributed by atoms with Crippen molar-refractivity contribution >= 4 is 23.9 Å². The second-order valence-electron chi connectivity index (χ2n) is 6.36. The summed E-state index contributed by atoms with van der Waals surface area (Å²) in [6.45, 7) is -0.211. The summed E-state index contributed by atoms with van der Waals surface area (Å²) in [5.74, 6) is -0.260. The molecule has 0 atom stereocenters. The van der Waals surface area contributed by atoms with E-state index in [-0.39, 0.29) is 6.54 Å². The van der Waals surface area contributed by atoms with E-state index < -0.39 is 24.5 Å². The molecule has 170 valence electrons. The molecule has 0 saturated carbocycles. The predicted molar refractivity (Wildman–Crippen MR) is 116 cm³/mol. The van der Waals surface area contributed by atoms with Crippen LogP contribution in [-0.2, 0) is 25.6 Å². The highest BCUT2D eigenvalue weighted by Crippen LogP contribution is 2.38. The van der Waals surface area contributed by atoms with Crippen molar-refractivity contribution in [2.24, 2.45) is 0 Å². The molecule has 0 heterocycles. The molecule has 1 amide bonds. The SMILES string of the molecule is COC(=O)c1ccc(CNC(=O)COC(=O)C=Cc2cc(OC)c(OC)c(OC)c2)cc1. The maximum Gasteiger partial charge on any atom is 0.337 e. The van der Waals surface area contributed by atoms with Crippen molar-refractivity contribution in [3.8, 4) is 17.2 Å². The zero-order valence-corrected chi connectivity index (χ0v) is 18.3. The largest absolute Gasteiger partial charge is 0.493 e. The molecule has 9 heteroatoms. The quantitative estimate of drug-likeness (QED) is 0.440. The Labute approximate surface area is 185 Å². The first-order valence-electron chi connectivity index (χ1n) is 9.50. The van der Waals surface area contributed by atoms with Gasteiger partial charge in [0.2, 0.25) is 5.75 Å². The van der Waals surface area contributed by atoms with Crippen LogP contribution < -0.4 is 19.5 Å². The van der Waals surface area contributed by atoms with Crippen LogP contribution in [0.2, 0.25) is 0 Å². The number of methoxy groups -OCH3 is 4. The van der Waals surface area contributed by atoms with Gasteiger partial charge in [-0.1, -0.05) is 12.1 Å². The molecule has 0 spiro atoms. The van der Waals surface area contributed by atoms with Crippen molar-refractivity contribution in [1.29, 1.82) is 0 Å². The standard InChI is InChI=1S/C23H25NO8/c1-28-18-11-16(12-19(29-2)22(18)30-3)7-10-21(26)32-14-20(25)24-13-15-5-8-17(9-6-15)23(27)31-4/h5-12H,13-14H2,1-4H3,(H,24,25). The van der Waals surface area contributed by atoms with Gasteiger partial charge in [-0.25, -0.2) is 9.59 Å². The van der Waals surface area contributed by atoms with E-state index in [1.165, 1.54) is 40.6 Å². The van der Waals surface area contributed by atoms with Crippen molar-refractivity contribution in [2.75, 3.05) is 35.0 Å². The minimum absolute atomic E-state index is 0.221. The molecule has 0 aliphatic rings. The number of esters is 2. The number of hydrogen-bond donors (Lipinski definition) is 1. The van der Waals surface area contributed by atoms with Crippen molar-refractivity contribution in [3.05, 3.63) is 59.2 Å². The Bertz CT molecular complexity index is 957. The van der Waals surface area contributed by atoms with Gasteiger partial charge in [0.15, 0.2) is 18.1 Å². The van der Waals surface area contributed by atoms with Crippen molar-refractivity contribution in [2.45, 2.75) is 6.54 Å². The van der Waals surface area contributed by atoms with E-state index in [0.717, 1.165) is 5.56 Å². The Balaban J connectivity index is 1.85. The van der Waals surface area contributed by atoms with E-state index in [2.05, 4.69) is 10.1 Å². The van der Waals surface area contributed by atoms with Crippen LogP contribution in [0.3, 0.4) is 0 Å². The van der Waals surface area contributed by atoms with E-state index in [1.807, 2.05) is 0 Å². The normalized spacial score (nSPS) is 10.4. The molecule has 32 heavy (non-hydrogen) atoms. The third kappa shape index (κ3) is 6.76. The van der Waals surface area contributed by atoms with E-state index in [0.29, 0.717) is 28.4 Å². The summed E-state index contributed by atoms with van der Waals surface area (Å²) in [5.41, 5.74) is 1.81. The number of ether oxygens (including phenoxy) is 5. The number of amides is 1. The fraction of sp³-hybridized carbons (Fsp3) is 0.261. The summed E-state index contributed by atoms with van der Waals surface area (Å²) in [5, 5.41) is 2.63. The highest BCUT2D eigenvalue weighted by atomic mass is 16.5. The van der Waals surface area contributed by atoms with Crippen LogP contribution in [-0.4, -0.2) is 52.9 Å². The van der Waals surface area contributed by atoms with Crippen LogP contribution in [0.4, 0.5) is 0 Å². The van der Waals surface area contributed by atoms with Gasteiger partial charge in [-0.15, -0.1) is 0 Å². The first kappa shape index (κ1) is 24.3. The lowest BCUT2D eigenvalue weighted by molar-refractivity contribution is -0.143. The van der Waals surface area contributed by atoms with Crippen LogP contribution in [0, 0.1) is 0 Å². The van der Waals surface area contributed by atoms with Gasteiger partial charge < -0.3 is 29.0 Å². The maximum absolute atomic E-state index is 11.9. The first-order valence-corrected chi connectivity index (χ1v) is 9.50. The second kappa shape index (κ2) is 12.0. The molecule has 2 aromatic rings. The topological polar surface area (TPSA) is 109 Å². The third-order valence-electron chi connectivity index (χ3n) is 4.31. The number of carbonyl (C=O) groups is 3. The Kier molecular flexibility index (Phi) is 9.09. The van der Waals surface area contributed by atoms with Crippen LogP contribution in [0.15, 0.2) is 42.5 Å². The van der Waals surface area contributed by atoms with Crippen molar-refractivity contribution < 1.29 is 38.1 Å². The van der Waals surface area contributed by atoms with E-state index in [1.54, 1.807) is 36.4 Å². The maximum atomic E-state index is 11.9. The summed E-state index contributed by atoms with van der Waals surface area (Å²) in [4.78, 5) is 35.3. The molecule has 1 N–H and O–H groups in total. The first-order chi connectivity index (χ1) is 15.4. The van der Waals surface area contributed by atoms with Gasteiger partial charge in [0, 0.05) is 12.6 Å². The lowest BCUT2D eigenvalue weighted by Gasteiger charge is -2.12. The van der Waals surface area contributed by atoms with Crippen LogP contribution in [0.1, 0.15) is 21.5 Å².